The first-order valence-electron chi connectivity index (χ1n) is 10.7. The van der Waals surface area contributed by atoms with E-state index in [2.05, 4.69) is 5.32 Å². The topological polar surface area (TPSA) is 108 Å². The number of hydrogen-bond acceptors (Lipinski definition) is 7. The third-order valence-corrected chi connectivity index (χ3v) is 4.63. The first-order valence-corrected chi connectivity index (χ1v) is 10.7. The van der Waals surface area contributed by atoms with Crippen LogP contribution < -0.4 is 5.32 Å². The molecule has 0 spiro atoms. The van der Waals surface area contributed by atoms with Crippen molar-refractivity contribution in [1.29, 1.82) is 0 Å². The Labute approximate surface area is 190 Å². The van der Waals surface area contributed by atoms with Crippen molar-refractivity contribution in [2.75, 3.05) is 7.11 Å². The molecule has 0 radical (unpaired) electrons. The van der Waals surface area contributed by atoms with Crippen molar-refractivity contribution in [1.82, 2.24) is 5.32 Å². The Balaban J connectivity index is 2.69. The number of rotatable bonds is 11. The van der Waals surface area contributed by atoms with Gasteiger partial charge in [-0.05, 0) is 38.7 Å². The van der Waals surface area contributed by atoms with Crippen LogP contribution in [0.5, 0.6) is 0 Å². The van der Waals surface area contributed by atoms with Gasteiger partial charge in [-0.1, -0.05) is 44.2 Å². The molecule has 0 unspecified atom stereocenters. The van der Waals surface area contributed by atoms with Crippen LogP contribution >= 0.6 is 0 Å². The molecule has 0 saturated heterocycles. The highest BCUT2D eigenvalue weighted by Gasteiger charge is 2.31. The largest absolute Gasteiger partial charge is 0.467 e. The lowest BCUT2D eigenvalue weighted by Crippen LogP contribution is -2.46. The molecule has 0 aliphatic carbocycles. The lowest BCUT2D eigenvalue weighted by Gasteiger charge is -2.25. The van der Waals surface area contributed by atoms with E-state index in [1.165, 1.54) is 7.11 Å². The first-order chi connectivity index (χ1) is 14.9. The van der Waals surface area contributed by atoms with Crippen molar-refractivity contribution in [2.45, 2.75) is 72.1 Å². The van der Waals surface area contributed by atoms with Crippen molar-refractivity contribution in [3.05, 3.63) is 35.9 Å². The van der Waals surface area contributed by atoms with Gasteiger partial charge >= 0.3 is 17.9 Å². The molecule has 8 heteroatoms. The number of ether oxygens (including phenoxy) is 3. The van der Waals surface area contributed by atoms with Gasteiger partial charge in [-0.3, -0.25) is 14.4 Å². The quantitative estimate of drug-likeness (QED) is 0.408. The zero-order valence-electron chi connectivity index (χ0n) is 19.8. The van der Waals surface area contributed by atoms with Crippen LogP contribution in [0.4, 0.5) is 0 Å². The van der Waals surface area contributed by atoms with Gasteiger partial charge in [0.05, 0.1) is 19.4 Å². The second-order valence-corrected chi connectivity index (χ2v) is 8.91. The van der Waals surface area contributed by atoms with E-state index < -0.39 is 41.4 Å². The minimum atomic E-state index is -1.03. The molecule has 2 atom stereocenters. The predicted octanol–water partition coefficient (Wildman–Crippen LogP) is 3.17. The highest BCUT2D eigenvalue weighted by molar-refractivity contribution is 5.88. The average molecular weight is 450 g/mol. The van der Waals surface area contributed by atoms with Crippen LogP contribution in [0.15, 0.2) is 30.3 Å². The van der Waals surface area contributed by atoms with Crippen LogP contribution in [0.2, 0.25) is 0 Å². The van der Waals surface area contributed by atoms with Crippen LogP contribution in [0.25, 0.3) is 0 Å². The molecular formula is C24H35NO7. The van der Waals surface area contributed by atoms with Gasteiger partial charge in [0.2, 0.25) is 5.91 Å². The molecule has 32 heavy (non-hydrogen) atoms. The van der Waals surface area contributed by atoms with Crippen molar-refractivity contribution < 1.29 is 33.4 Å². The average Bonchev–Trinajstić information content (AvgIpc) is 2.71. The van der Waals surface area contributed by atoms with Crippen LogP contribution in [-0.4, -0.2) is 42.6 Å². The van der Waals surface area contributed by atoms with Crippen molar-refractivity contribution in [3.8, 4) is 0 Å². The summed E-state index contributed by atoms with van der Waals surface area (Å²) >= 11 is 0. The number of nitrogens with one attached hydrogen (secondary N) is 1. The summed E-state index contributed by atoms with van der Waals surface area (Å²) in [7, 11) is 1.20. The van der Waals surface area contributed by atoms with Gasteiger partial charge in [0.15, 0.2) is 0 Å². The SMILES string of the molecule is COC(=O)[C@@H](CCC(=O)OCc1ccccc1)NC(=O)[C@@H](CC(=O)OC(C)(C)C)C(C)C. The summed E-state index contributed by atoms with van der Waals surface area (Å²) in [6.07, 6.45) is -0.178. The lowest BCUT2D eigenvalue weighted by molar-refractivity contribution is -0.158. The molecule has 0 aliphatic rings. The third kappa shape index (κ3) is 10.4. The summed E-state index contributed by atoms with van der Waals surface area (Å²) in [5.74, 6) is -3.00. The number of carbonyl (C=O) groups excluding carboxylic acids is 4. The van der Waals surface area contributed by atoms with Crippen LogP contribution in [-0.2, 0) is 40.0 Å². The molecule has 1 rings (SSSR count). The molecule has 0 fully saturated rings. The van der Waals surface area contributed by atoms with Crippen LogP contribution in [0.3, 0.4) is 0 Å². The standard InChI is InChI=1S/C24H35NO7/c1-16(2)18(14-21(27)32-24(3,4)5)22(28)25-19(23(29)30-6)12-13-20(26)31-15-17-10-8-7-9-11-17/h7-11,16,18-19H,12-15H2,1-6H3,(H,25,28)/t18-,19+/m0/s1. The maximum absolute atomic E-state index is 12.8. The molecule has 0 aromatic heterocycles. The van der Waals surface area contributed by atoms with E-state index in [1.807, 2.05) is 44.2 Å². The highest BCUT2D eigenvalue weighted by atomic mass is 16.6. The van der Waals surface area contributed by atoms with Gasteiger partial charge in [0, 0.05) is 6.42 Å². The van der Waals surface area contributed by atoms with E-state index in [-0.39, 0.29) is 31.8 Å². The number of esters is 3. The van der Waals surface area contributed by atoms with E-state index in [0.29, 0.717) is 0 Å². The van der Waals surface area contributed by atoms with Gasteiger partial charge < -0.3 is 19.5 Å². The fourth-order valence-electron chi connectivity index (χ4n) is 2.94. The number of hydrogen-bond donors (Lipinski definition) is 1. The number of benzene rings is 1. The summed E-state index contributed by atoms with van der Waals surface area (Å²) in [4.78, 5) is 49.3. The minimum Gasteiger partial charge on any atom is -0.467 e. The summed E-state index contributed by atoms with van der Waals surface area (Å²) in [5.41, 5.74) is 0.185. The Morgan fingerprint density at radius 1 is 1.00 bits per heavy atom. The summed E-state index contributed by atoms with van der Waals surface area (Å²) in [6, 6.07) is 8.19. The first kappa shape index (κ1) is 27.1. The highest BCUT2D eigenvalue weighted by Crippen LogP contribution is 2.19. The van der Waals surface area contributed by atoms with Crippen molar-refractivity contribution in [2.24, 2.45) is 11.8 Å². The smallest absolute Gasteiger partial charge is 0.328 e. The van der Waals surface area contributed by atoms with Gasteiger partial charge in [-0.25, -0.2) is 4.79 Å². The maximum Gasteiger partial charge on any atom is 0.328 e. The molecule has 0 aliphatic heterocycles. The van der Waals surface area contributed by atoms with Crippen LogP contribution in [0.1, 0.15) is 59.4 Å². The number of methoxy groups -OCH3 is 1. The van der Waals surface area contributed by atoms with E-state index in [1.54, 1.807) is 20.8 Å². The molecule has 178 valence electrons. The van der Waals surface area contributed by atoms with E-state index in [4.69, 9.17) is 14.2 Å². The van der Waals surface area contributed by atoms with E-state index in [0.717, 1.165) is 5.56 Å². The van der Waals surface area contributed by atoms with Gasteiger partial charge in [-0.2, -0.15) is 0 Å². The molecule has 0 bridgehead atoms. The second-order valence-electron chi connectivity index (χ2n) is 8.91. The minimum absolute atomic E-state index is 0.0172. The summed E-state index contributed by atoms with van der Waals surface area (Å²) < 4.78 is 15.3. The molecule has 8 nitrogen and oxygen atoms in total. The lowest BCUT2D eigenvalue weighted by atomic mass is 9.91. The Hall–Kier alpha value is -2.90. The van der Waals surface area contributed by atoms with Gasteiger partial charge in [-0.15, -0.1) is 0 Å². The van der Waals surface area contributed by atoms with E-state index in [9.17, 15) is 19.2 Å². The van der Waals surface area contributed by atoms with Crippen LogP contribution in [0, 0.1) is 11.8 Å². The van der Waals surface area contributed by atoms with Gasteiger partial charge in [0.25, 0.3) is 0 Å². The Morgan fingerprint density at radius 3 is 2.16 bits per heavy atom. The zero-order chi connectivity index (χ0) is 24.3. The molecule has 1 amide bonds. The van der Waals surface area contributed by atoms with Gasteiger partial charge in [0.1, 0.15) is 18.2 Å². The van der Waals surface area contributed by atoms with Crippen molar-refractivity contribution >= 4 is 23.8 Å². The second kappa shape index (κ2) is 12.8. The fraction of sp³-hybridized carbons (Fsp3) is 0.583. The Kier molecular flexibility index (Phi) is 10.9. The molecule has 1 aromatic rings. The normalized spacial score (nSPS) is 13.1. The molecule has 1 N–H and O–H groups in total. The summed E-state index contributed by atoms with van der Waals surface area (Å²) in [6.45, 7) is 8.99. The Bertz CT molecular complexity index is 768. The third-order valence-electron chi connectivity index (χ3n) is 4.63. The van der Waals surface area contributed by atoms with Crippen molar-refractivity contribution in [3.63, 3.8) is 0 Å². The Morgan fingerprint density at radius 2 is 1.62 bits per heavy atom. The molecule has 0 heterocycles. The molecular weight excluding hydrogens is 414 g/mol. The monoisotopic (exact) mass is 449 g/mol. The molecule has 1 aromatic carbocycles. The maximum atomic E-state index is 12.8. The number of carbonyl (C=O) groups is 4. The molecule has 0 saturated carbocycles. The fourth-order valence-corrected chi connectivity index (χ4v) is 2.94. The zero-order valence-corrected chi connectivity index (χ0v) is 19.8. The number of amides is 1. The predicted molar refractivity (Wildman–Crippen MR) is 118 cm³/mol. The summed E-state index contributed by atoms with van der Waals surface area (Å²) in [5, 5.41) is 2.62. The van der Waals surface area contributed by atoms with E-state index >= 15 is 0 Å².